The van der Waals surface area contributed by atoms with Gasteiger partial charge in [0, 0.05) is 29.1 Å². The van der Waals surface area contributed by atoms with Crippen LogP contribution in [0.1, 0.15) is 72.6 Å². The summed E-state index contributed by atoms with van der Waals surface area (Å²) in [7, 11) is 0. The third kappa shape index (κ3) is 6.68. The van der Waals surface area contributed by atoms with Crippen molar-refractivity contribution in [3.05, 3.63) is 33.9 Å². The van der Waals surface area contributed by atoms with Crippen molar-refractivity contribution < 1.29 is 62.3 Å². The third-order valence-corrected chi connectivity index (χ3v) is 11.1. The lowest BCUT2D eigenvalue weighted by Gasteiger charge is -2.62. The van der Waals surface area contributed by atoms with E-state index in [0.29, 0.717) is 18.4 Å². The van der Waals surface area contributed by atoms with Gasteiger partial charge in [-0.25, -0.2) is 9.18 Å². The van der Waals surface area contributed by atoms with Crippen LogP contribution in [-0.2, 0) is 43.0 Å². The Bertz CT molecular complexity index is 1420. The monoisotopic (exact) mass is 696 g/mol. The number of Topliss-reactive ketones (excluding diaryl/α,β-unsaturated/α-hetero) is 1. The highest BCUT2D eigenvalue weighted by Gasteiger charge is 2.77. The molecule has 0 radical (unpaired) electrons. The van der Waals surface area contributed by atoms with E-state index in [9.17, 15) is 39.2 Å². The van der Waals surface area contributed by atoms with Crippen LogP contribution in [0.4, 0.5) is 9.18 Å². The fraction of sp³-hybridized carbons (Fsp3) is 0.727. The molecule has 0 spiro atoms. The third-order valence-electron chi connectivity index (χ3n) is 11.1. The Labute approximate surface area is 282 Å². The number of nitrogens with two attached hydrogens (primary N) is 1. The quantitative estimate of drug-likeness (QED) is 0.0877. The van der Waals surface area contributed by atoms with E-state index >= 15 is 4.39 Å². The minimum Gasteiger partial charge on any atom is -0.464 e. The van der Waals surface area contributed by atoms with Crippen molar-refractivity contribution in [2.24, 2.45) is 34.3 Å². The molecule has 9 atom stereocenters. The van der Waals surface area contributed by atoms with Crippen LogP contribution >= 0.6 is 0 Å². The largest absolute Gasteiger partial charge is 0.508 e. The van der Waals surface area contributed by atoms with Crippen LogP contribution in [0.25, 0.3) is 0 Å². The van der Waals surface area contributed by atoms with E-state index in [2.05, 4.69) is 4.84 Å². The SMILES string of the molecule is CCC(=O)O[C@]1(C(=O)COC(=O)OCC(N)C(=O)OCCCCO[N+](=O)[O-])[C@@H](C)C[C@H]2[C@@H]3CCC4=CC(=O)C=C[C@]4(C)[C@@]3(F)[C@@H](O)C[C@@]21C. The van der Waals surface area contributed by atoms with Gasteiger partial charge in [-0.2, -0.15) is 0 Å². The molecule has 0 heterocycles. The van der Waals surface area contributed by atoms with Gasteiger partial charge in [-0.3, -0.25) is 19.2 Å². The summed E-state index contributed by atoms with van der Waals surface area (Å²) in [5.74, 6) is -4.53. The number of nitrogens with zero attached hydrogens (tertiary/aromatic N) is 1. The van der Waals surface area contributed by atoms with Crippen molar-refractivity contribution in [2.75, 3.05) is 26.4 Å². The number of alkyl halides is 1. The smallest absolute Gasteiger partial charge is 0.464 e. The van der Waals surface area contributed by atoms with Gasteiger partial charge in [-0.15, -0.1) is 10.1 Å². The summed E-state index contributed by atoms with van der Waals surface area (Å²) in [6, 6.07) is -1.39. The van der Waals surface area contributed by atoms with Crippen LogP contribution < -0.4 is 5.73 Å². The Balaban J connectivity index is 1.45. The number of fused-ring (bicyclic) bond motifs is 5. The molecule has 0 aromatic heterocycles. The number of ether oxygens (including phenoxy) is 4. The molecule has 3 N–H and O–H groups in total. The lowest BCUT2D eigenvalue weighted by molar-refractivity contribution is -0.757. The van der Waals surface area contributed by atoms with Crippen molar-refractivity contribution in [3.63, 3.8) is 0 Å². The van der Waals surface area contributed by atoms with E-state index in [1.165, 1.54) is 18.2 Å². The van der Waals surface area contributed by atoms with Gasteiger partial charge in [-0.05, 0) is 63.5 Å². The summed E-state index contributed by atoms with van der Waals surface area (Å²) >= 11 is 0. The Morgan fingerprint density at radius 2 is 1.84 bits per heavy atom. The van der Waals surface area contributed by atoms with Crippen LogP contribution in [0.2, 0.25) is 0 Å². The molecule has 0 aromatic carbocycles. The fourth-order valence-electron chi connectivity index (χ4n) is 8.77. The summed E-state index contributed by atoms with van der Waals surface area (Å²) in [5.41, 5.74) is -0.242. The van der Waals surface area contributed by atoms with Gasteiger partial charge in [0.2, 0.25) is 5.78 Å². The molecule has 49 heavy (non-hydrogen) atoms. The van der Waals surface area contributed by atoms with Crippen LogP contribution in [0, 0.1) is 38.7 Å². The maximum atomic E-state index is 17.6. The second kappa shape index (κ2) is 14.5. The van der Waals surface area contributed by atoms with Crippen molar-refractivity contribution >= 4 is 29.7 Å². The number of aliphatic hydroxyl groups excluding tert-OH is 1. The summed E-state index contributed by atoms with van der Waals surface area (Å²) in [4.78, 5) is 78.0. The molecule has 16 heteroatoms. The van der Waals surface area contributed by atoms with Gasteiger partial charge in [0.25, 0.3) is 5.09 Å². The Kier molecular flexibility index (Phi) is 11.2. The van der Waals surface area contributed by atoms with E-state index in [0.717, 1.165) is 0 Å². The zero-order chi connectivity index (χ0) is 36.4. The summed E-state index contributed by atoms with van der Waals surface area (Å²) in [6.07, 6.45) is 2.54. The second-order valence-corrected chi connectivity index (χ2v) is 13.8. The van der Waals surface area contributed by atoms with Gasteiger partial charge >= 0.3 is 18.1 Å². The average molecular weight is 697 g/mol. The molecule has 3 fully saturated rings. The predicted octanol–water partition coefficient (Wildman–Crippen LogP) is 2.88. The summed E-state index contributed by atoms with van der Waals surface area (Å²) in [5, 5.41) is 20.9. The van der Waals surface area contributed by atoms with Crippen molar-refractivity contribution in [3.8, 4) is 0 Å². The van der Waals surface area contributed by atoms with E-state index in [1.807, 2.05) is 0 Å². The van der Waals surface area contributed by atoms with Gasteiger partial charge in [0.05, 0.1) is 19.3 Å². The van der Waals surface area contributed by atoms with E-state index < -0.39 is 94.2 Å². The maximum Gasteiger partial charge on any atom is 0.508 e. The molecule has 0 aliphatic heterocycles. The number of hydrogen-bond acceptors (Lipinski definition) is 14. The zero-order valence-corrected chi connectivity index (χ0v) is 28.1. The predicted molar refractivity (Wildman–Crippen MR) is 165 cm³/mol. The van der Waals surface area contributed by atoms with E-state index in [1.54, 1.807) is 27.7 Å². The van der Waals surface area contributed by atoms with Crippen LogP contribution in [-0.4, -0.2) is 89.7 Å². The highest BCUT2D eigenvalue weighted by Crippen LogP contribution is 2.71. The Morgan fingerprint density at radius 1 is 1.14 bits per heavy atom. The molecular formula is C33H45FN2O13. The molecule has 15 nitrogen and oxygen atoms in total. The second-order valence-electron chi connectivity index (χ2n) is 13.8. The first-order valence-corrected chi connectivity index (χ1v) is 16.5. The zero-order valence-electron chi connectivity index (χ0n) is 28.1. The highest BCUT2D eigenvalue weighted by atomic mass is 19.1. The molecule has 3 saturated carbocycles. The molecule has 1 unspecified atom stereocenters. The first-order valence-electron chi connectivity index (χ1n) is 16.5. The van der Waals surface area contributed by atoms with Crippen molar-refractivity contribution in [1.29, 1.82) is 0 Å². The topological polar surface area (TPSA) is 221 Å². The molecule has 0 amide bonds. The molecule has 4 rings (SSSR count). The number of carbonyl (C=O) groups is 5. The van der Waals surface area contributed by atoms with Crippen LogP contribution in [0.3, 0.4) is 0 Å². The lowest BCUT2D eigenvalue weighted by Crippen LogP contribution is -2.70. The Morgan fingerprint density at radius 3 is 2.51 bits per heavy atom. The first kappa shape index (κ1) is 37.9. The minimum absolute atomic E-state index is 0.0733. The molecule has 4 aliphatic carbocycles. The van der Waals surface area contributed by atoms with Crippen LogP contribution in [0.15, 0.2) is 23.8 Å². The molecule has 272 valence electrons. The number of esters is 2. The minimum atomic E-state index is -2.17. The van der Waals surface area contributed by atoms with E-state index in [4.69, 9.17) is 24.7 Å². The normalized spacial score (nSPS) is 35.1. The average Bonchev–Trinajstić information content (AvgIpc) is 3.26. The number of rotatable bonds is 14. The number of carbonyl (C=O) groups excluding carboxylic acids is 5. The van der Waals surface area contributed by atoms with Crippen molar-refractivity contribution in [1.82, 2.24) is 0 Å². The number of halogens is 1. The summed E-state index contributed by atoms with van der Waals surface area (Å²) in [6.45, 7) is 4.85. The molecule has 0 saturated heterocycles. The van der Waals surface area contributed by atoms with E-state index in [-0.39, 0.29) is 51.1 Å². The molecule has 0 bridgehead atoms. The Hall–Kier alpha value is -3.92. The molecular weight excluding hydrogens is 651 g/mol. The molecule has 4 aliphatic rings. The highest BCUT2D eigenvalue weighted by molar-refractivity contribution is 6.01. The number of ketones is 2. The first-order chi connectivity index (χ1) is 23.0. The van der Waals surface area contributed by atoms with Gasteiger partial charge in [-0.1, -0.05) is 32.4 Å². The number of allylic oxidation sites excluding steroid dienone is 4. The number of hydrogen-bond donors (Lipinski definition) is 2. The number of aliphatic hydroxyl groups is 1. The molecule has 0 aromatic rings. The lowest BCUT2D eigenvalue weighted by atomic mass is 9.44. The summed E-state index contributed by atoms with van der Waals surface area (Å²) < 4.78 is 38.5. The number of unbranched alkanes of at least 4 members (excludes halogenated alkanes) is 1. The fourth-order valence-corrected chi connectivity index (χ4v) is 8.77. The van der Waals surface area contributed by atoms with Crippen LogP contribution in [0.5, 0.6) is 0 Å². The van der Waals surface area contributed by atoms with Gasteiger partial charge < -0.3 is 34.6 Å². The van der Waals surface area contributed by atoms with Gasteiger partial charge in [0.1, 0.15) is 12.6 Å². The standard InChI is InChI=1S/C33H45FN2O13/c1-5-27(40)49-33(26(39)18-47-29(42)46-17-24(35)28(41)45-12-6-7-13-48-36(43)44)19(2)14-23-22-9-8-20-15-21(37)10-11-30(20,3)32(22,34)25(38)16-31(23,33)4/h10-11,15,19,22-25,38H,5-9,12-14,16-18,35H2,1-4H3/t19-,22-,23-,24?,25-,30-,31-,32-,33-/m0/s1. The maximum absolute atomic E-state index is 17.6. The van der Waals surface area contributed by atoms with Crippen molar-refractivity contribution in [2.45, 2.75) is 96.1 Å². The van der Waals surface area contributed by atoms with Gasteiger partial charge in [0.15, 0.2) is 23.7 Å².